The number of hydrogen-bond donors (Lipinski definition) is 0. The molecule has 0 atom stereocenters. The Bertz CT molecular complexity index is 165. The van der Waals surface area contributed by atoms with Crippen LogP contribution in [0.25, 0.3) is 0 Å². The highest BCUT2D eigenvalue weighted by atomic mass is 16.6. The normalized spacial score (nSPS) is 11.0. The van der Waals surface area contributed by atoms with Crippen LogP contribution in [-0.4, -0.2) is 11.6 Å². The van der Waals surface area contributed by atoms with Crippen LogP contribution < -0.4 is 0 Å². The van der Waals surface area contributed by atoms with Crippen LogP contribution >= 0.6 is 0 Å². The molecule has 0 aliphatic heterocycles. The first-order valence-corrected chi connectivity index (χ1v) is 4.78. The van der Waals surface area contributed by atoms with E-state index in [4.69, 9.17) is 4.74 Å². The molecule has 0 aromatic carbocycles. The molecule has 0 bridgehead atoms. The number of carbonyl (C=O) groups excluding carboxylic acids is 1. The Morgan fingerprint density at radius 3 is 2.46 bits per heavy atom. The van der Waals surface area contributed by atoms with E-state index in [9.17, 15) is 4.79 Å². The van der Waals surface area contributed by atoms with Crippen LogP contribution in [0.5, 0.6) is 0 Å². The SMILES string of the molecule is C=CCCCCC(=O)OC(C)(C)C. The van der Waals surface area contributed by atoms with Crippen LogP contribution in [0.3, 0.4) is 0 Å². The highest BCUT2D eigenvalue weighted by molar-refractivity contribution is 5.69. The Balaban J connectivity index is 3.47. The molecule has 2 nitrogen and oxygen atoms in total. The molecule has 2 heteroatoms. The summed E-state index contributed by atoms with van der Waals surface area (Å²) >= 11 is 0. The van der Waals surface area contributed by atoms with Crippen molar-refractivity contribution in [3.8, 4) is 0 Å². The topological polar surface area (TPSA) is 26.3 Å². The molecule has 0 saturated heterocycles. The van der Waals surface area contributed by atoms with E-state index >= 15 is 0 Å². The van der Waals surface area contributed by atoms with Crippen LogP contribution in [0.15, 0.2) is 12.7 Å². The fourth-order valence-corrected chi connectivity index (χ4v) is 0.951. The molecule has 0 spiro atoms. The third-order valence-corrected chi connectivity index (χ3v) is 1.46. The summed E-state index contributed by atoms with van der Waals surface area (Å²) in [4.78, 5) is 11.2. The quantitative estimate of drug-likeness (QED) is 0.373. The summed E-state index contributed by atoms with van der Waals surface area (Å²) in [6.45, 7) is 9.27. The Kier molecular flexibility index (Phi) is 5.44. The van der Waals surface area contributed by atoms with Crippen LogP contribution in [0, 0.1) is 0 Å². The van der Waals surface area contributed by atoms with E-state index in [1.165, 1.54) is 0 Å². The lowest BCUT2D eigenvalue weighted by Gasteiger charge is -2.19. The molecule has 0 aromatic rings. The zero-order chi connectivity index (χ0) is 10.3. The molecule has 0 heterocycles. The number of ether oxygens (including phenoxy) is 1. The van der Waals surface area contributed by atoms with Gasteiger partial charge in [-0.3, -0.25) is 4.79 Å². The van der Waals surface area contributed by atoms with Crippen LogP contribution in [0.4, 0.5) is 0 Å². The number of allylic oxidation sites excluding steroid dienone is 1. The fraction of sp³-hybridized carbons (Fsp3) is 0.727. The Morgan fingerprint density at radius 2 is 2.00 bits per heavy atom. The minimum absolute atomic E-state index is 0.100. The molecule has 76 valence electrons. The average Bonchev–Trinajstić information content (AvgIpc) is 1.94. The highest BCUT2D eigenvalue weighted by Gasteiger charge is 2.15. The van der Waals surface area contributed by atoms with Crippen molar-refractivity contribution in [1.29, 1.82) is 0 Å². The van der Waals surface area contributed by atoms with Gasteiger partial charge in [0, 0.05) is 6.42 Å². The second-order valence-corrected chi connectivity index (χ2v) is 4.12. The zero-order valence-electron chi connectivity index (χ0n) is 8.93. The second kappa shape index (κ2) is 5.79. The van der Waals surface area contributed by atoms with E-state index in [1.807, 2.05) is 26.8 Å². The Labute approximate surface area is 81.0 Å². The lowest BCUT2D eigenvalue weighted by molar-refractivity contribution is -0.154. The van der Waals surface area contributed by atoms with E-state index in [0.717, 1.165) is 19.3 Å². The van der Waals surface area contributed by atoms with Crippen molar-refractivity contribution in [2.45, 2.75) is 52.1 Å². The first-order chi connectivity index (χ1) is 5.95. The number of rotatable bonds is 5. The molecule has 0 aliphatic rings. The summed E-state index contributed by atoms with van der Waals surface area (Å²) in [5, 5.41) is 0. The van der Waals surface area contributed by atoms with Gasteiger partial charge in [-0.25, -0.2) is 0 Å². The second-order valence-electron chi connectivity index (χ2n) is 4.12. The number of hydrogen-bond acceptors (Lipinski definition) is 2. The van der Waals surface area contributed by atoms with E-state index < -0.39 is 0 Å². The van der Waals surface area contributed by atoms with Crippen molar-refractivity contribution < 1.29 is 9.53 Å². The van der Waals surface area contributed by atoms with Crippen LogP contribution in [-0.2, 0) is 9.53 Å². The number of carbonyl (C=O) groups is 1. The van der Waals surface area contributed by atoms with Crippen molar-refractivity contribution in [2.24, 2.45) is 0 Å². The minimum atomic E-state index is -0.352. The molecule has 0 radical (unpaired) electrons. The summed E-state index contributed by atoms with van der Waals surface area (Å²) in [6, 6.07) is 0. The van der Waals surface area contributed by atoms with Crippen molar-refractivity contribution in [2.75, 3.05) is 0 Å². The molecule has 0 amide bonds. The third kappa shape index (κ3) is 9.12. The number of unbranched alkanes of at least 4 members (excludes halogenated alkanes) is 2. The van der Waals surface area contributed by atoms with E-state index in [-0.39, 0.29) is 11.6 Å². The van der Waals surface area contributed by atoms with E-state index in [2.05, 4.69) is 6.58 Å². The molecule has 0 unspecified atom stereocenters. The first-order valence-electron chi connectivity index (χ1n) is 4.78. The molecule has 13 heavy (non-hydrogen) atoms. The minimum Gasteiger partial charge on any atom is -0.460 e. The smallest absolute Gasteiger partial charge is 0.306 e. The van der Waals surface area contributed by atoms with Crippen LogP contribution in [0.2, 0.25) is 0 Å². The molecule has 0 aromatic heterocycles. The van der Waals surface area contributed by atoms with Crippen molar-refractivity contribution in [3.05, 3.63) is 12.7 Å². The predicted molar refractivity (Wildman–Crippen MR) is 54.5 cm³/mol. The van der Waals surface area contributed by atoms with E-state index in [1.54, 1.807) is 0 Å². The monoisotopic (exact) mass is 184 g/mol. The van der Waals surface area contributed by atoms with Gasteiger partial charge in [0.15, 0.2) is 0 Å². The Morgan fingerprint density at radius 1 is 1.38 bits per heavy atom. The van der Waals surface area contributed by atoms with Gasteiger partial charge in [-0.2, -0.15) is 0 Å². The van der Waals surface area contributed by atoms with Gasteiger partial charge in [0.05, 0.1) is 0 Å². The molecular formula is C11H20O2. The molecular weight excluding hydrogens is 164 g/mol. The zero-order valence-corrected chi connectivity index (χ0v) is 8.93. The fourth-order valence-electron chi connectivity index (χ4n) is 0.951. The van der Waals surface area contributed by atoms with E-state index in [0.29, 0.717) is 6.42 Å². The summed E-state index contributed by atoms with van der Waals surface area (Å²) in [5.74, 6) is -0.100. The maximum atomic E-state index is 11.2. The molecule has 0 saturated carbocycles. The average molecular weight is 184 g/mol. The van der Waals surface area contributed by atoms with Crippen molar-refractivity contribution in [3.63, 3.8) is 0 Å². The third-order valence-electron chi connectivity index (χ3n) is 1.46. The molecule has 0 aliphatic carbocycles. The van der Waals surface area contributed by atoms with Gasteiger partial charge in [-0.1, -0.05) is 6.08 Å². The van der Waals surface area contributed by atoms with Crippen molar-refractivity contribution in [1.82, 2.24) is 0 Å². The standard InChI is InChI=1S/C11H20O2/c1-5-6-7-8-9-10(12)13-11(2,3)4/h5H,1,6-9H2,2-4H3. The van der Waals surface area contributed by atoms with Gasteiger partial charge in [0.2, 0.25) is 0 Å². The first kappa shape index (κ1) is 12.2. The van der Waals surface area contributed by atoms with Gasteiger partial charge in [-0.15, -0.1) is 6.58 Å². The van der Waals surface area contributed by atoms with Gasteiger partial charge < -0.3 is 4.74 Å². The lowest BCUT2D eigenvalue weighted by atomic mass is 10.1. The highest BCUT2D eigenvalue weighted by Crippen LogP contribution is 2.10. The summed E-state index contributed by atoms with van der Waals surface area (Å²) in [5.41, 5.74) is -0.352. The van der Waals surface area contributed by atoms with Gasteiger partial charge in [0.1, 0.15) is 5.60 Å². The summed E-state index contributed by atoms with van der Waals surface area (Å²) < 4.78 is 5.15. The molecule has 0 fully saturated rings. The van der Waals surface area contributed by atoms with Gasteiger partial charge in [-0.05, 0) is 40.0 Å². The van der Waals surface area contributed by atoms with Crippen molar-refractivity contribution >= 4 is 5.97 Å². The maximum absolute atomic E-state index is 11.2. The van der Waals surface area contributed by atoms with Crippen LogP contribution in [0.1, 0.15) is 46.5 Å². The molecule has 0 rings (SSSR count). The maximum Gasteiger partial charge on any atom is 0.306 e. The number of esters is 1. The Hall–Kier alpha value is -0.790. The van der Waals surface area contributed by atoms with Gasteiger partial charge >= 0.3 is 5.97 Å². The largest absolute Gasteiger partial charge is 0.460 e. The molecule has 0 N–H and O–H groups in total. The summed E-state index contributed by atoms with van der Waals surface area (Å²) in [6.07, 6.45) is 5.27. The summed E-state index contributed by atoms with van der Waals surface area (Å²) in [7, 11) is 0. The van der Waals surface area contributed by atoms with Gasteiger partial charge in [0.25, 0.3) is 0 Å². The lowest BCUT2D eigenvalue weighted by Crippen LogP contribution is -2.23. The predicted octanol–water partition coefficient (Wildman–Crippen LogP) is 3.07.